The summed E-state index contributed by atoms with van der Waals surface area (Å²) in [5.41, 5.74) is 6.47. The number of aromatic carboxylic acids is 1. The SMILES string of the molecule is Cc1nn(C(C)C)c(C(=O)O)c1N. The van der Waals surface area contributed by atoms with Crippen LogP contribution in [0.3, 0.4) is 0 Å². The van der Waals surface area contributed by atoms with Crippen LogP contribution in [0, 0.1) is 6.92 Å². The normalized spacial score (nSPS) is 10.8. The van der Waals surface area contributed by atoms with Gasteiger partial charge in [0.15, 0.2) is 5.69 Å². The Morgan fingerprint density at radius 1 is 1.62 bits per heavy atom. The van der Waals surface area contributed by atoms with Crippen LogP contribution in [-0.2, 0) is 0 Å². The van der Waals surface area contributed by atoms with Gasteiger partial charge in [0.2, 0.25) is 0 Å². The number of nitrogens with two attached hydrogens (primary N) is 1. The van der Waals surface area contributed by atoms with Crippen LogP contribution in [0.15, 0.2) is 0 Å². The number of anilines is 1. The van der Waals surface area contributed by atoms with Gasteiger partial charge in [-0.05, 0) is 20.8 Å². The number of nitrogen functional groups attached to an aromatic ring is 1. The molecule has 0 bridgehead atoms. The molecule has 1 heterocycles. The Balaban J connectivity index is 3.35. The Bertz CT molecular complexity index is 341. The predicted octanol–water partition coefficient (Wildman–Crippen LogP) is 1.05. The van der Waals surface area contributed by atoms with Crippen LogP contribution in [0.4, 0.5) is 5.69 Å². The molecule has 0 fully saturated rings. The molecule has 1 rings (SSSR count). The van der Waals surface area contributed by atoms with E-state index in [1.165, 1.54) is 4.68 Å². The molecule has 1 aromatic heterocycles. The topological polar surface area (TPSA) is 81.1 Å². The highest BCUT2D eigenvalue weighted by Crippen LogP contribution is 2.19. The van der Waals surface area contributed by atoms with Crippen molar-refractivity contribution in [2.24, 2.45) is 0 Å². The Morgan fingerprint density at radius 3 is 2.46 bits per heavy atom. The highest BCUT2D eigenvalue weighted by Gasteiger charge is 2.20. The largest absolute Gasteiger partial charge is 0.476 e. The van der Waals surface area contributed by atoms with Gasteiger partial charge in [-0.2, -0.15) is 5.10 Å². The van der Waals surface area contributed by atoms with E-state index in [0.717, 1.165) is 0 Å². The van der Waals surface area contributed by atoms with Crippen molar-refractivity contribution < 1.29 is 9.90 Å². The Hall–Kier alpha value is -1.52. The van der Waals surface area contributed by atoms with Gasteiger partial charge in [0.25, 0.3) is 0 Å². The number of hydrogen-bond acceptors (Lipinski definition) is 3. The van der Waals surface area contributed by atoms with Gasteiger partial charge in [0.1, 0.15) is 0 Å². The van der Waals surface area contributed by atoms with Gasteiger partial charge in [-0.25, -0.2) is 4.79 Å². The number of aromatic nitrogens is 2. The number of nitrogens with zero attached hydrogens (tertiary/aromatic N) is 2. The third-order valence-electron chi connectivity index (χ3n) is 1.82. The van der Waals surface area contributed by atoms with Crippen LogP contribution in [0.5, 0.6) is 0 Å². The van der Waals surface area contributed by atoms with Crippen molar-refractivity contribution in [2.75, 3.05) is 5.73 Å². The number of carboxylic acid groups (broad SMARTS) is 1. The second-order valence-corrected chi connectivity index (χ2v) is 3.19. The Morgan fingerprint density at radius 2 is 2.15 bits per heavy atom. The molecular formula is C8H13N3O2. The smallest absolute Gasteiger partial charge is 0.356 e. The maximum atomic E-state index is 10.8. The summed E-state index contributed by atoms with van der Waals surface area (Å²) in [4.78, 5) is 10.8. The molecule has 1 aromatic rings. The third-order valence-corrected chi connectivity index (χ3v) is 1.82. The monoisotopic (exact) mass is 183 g/mol. The van der Waals surface area contributed by atoms with Gasteiger partial charge in [-0.3, -0.25) is 4.68 Å². The summed E-state index contributed by atoms with van der Waals surface area (Å²) >= 11 is 0. The molecule has 0 amide bonds. The molecular weight excluding hydrogens is 170 g/mol. The molecule has 0 aliphatic rings. The van der Waals surface area contributed by atoms with Crippen molar-refractivity contribution in [1.29, 1.82) is 0 Å². The van der Waals surface area contributed by atoms with Crippen molar-refractivity contribution in [3.63, 3.8) is 0 Å². The average molecular weight is 183 g/mol. The molecule has 5 nitrogen and oxygen atoms in total. The van der Waals surface area contributed by atoms with E-state index in [9.17, 15) is 4.79 Å². The molecule has 13 heavy (non-hydrogen) atoms. The third kappa shape index (κ3) is 1.49. The molecule has 0 radical (unpaired) electrons. The second kappa shape index (κ2) is 3.08. The summed E-state index contributed by atoms with van der Waals surface area (Å²) < 4.78 is 1.42. The zero-order valence-corrected chi connectivity index (χ0v) is 7.90. The van der Waals surface area contributed by atoms with E-state index in [0.29, 0.717) is 5.69 Å². The van der Waals surface area contributed by atoms with Gasteiger partial charge in [-0.15, -0.1) is 0 Å². The zero-order valence-electron chi connectivity index (χ0n) is 7.90. The second-order valence-electron chi connectivity index (χ2n) is 3.19. The number of carboxylic acids is 1. The lowest BCUT2D eigenvalue weighted by atomic mass is 10.3. The summed E-state index contributed by atoms with van der Waals surface area (Å²) in [6.07, 6.45) is 0. The summed E-state index contributed by atoms with van der Waals surface area (Å²) in [6.45, 7) is 5.41. The van der Waals surface area contributed by atoms with Crippen molar-refractivity contribution in [2.45, 2.75) is 26.8 Å². The van der Waals surface area contributed by atoms with Crippen LogP contribution in [0.1, 0.15) is 36.1 Å². The molecule has 72 valence electrons. The molecule has 0 aromatic carbocycles. The summed E-state index contributed by atoms with van der Waals surface area (Å²) in [5, 5.41) is 12.9. The van der Waals surface area contributed by atoms with Crippen LogP contribution in [0.2, 0.25) is 0 Å². The minimum Gasteiger partial charge on any atom is -0.476 e. The number of hydrogen-bond donors (Lipinski definition) is 2. The number of aryl methyl sites for hydroxylation is 1. The molecule has 0 saturated carbocycles. The van der Waals surface area contributed by atoms with Crippen LogP contribution in [-0.4, -0.2) is 20.9 Å². The van der Waals surface area contributed by atoms with Gasteiger partial charge in [0, 0.05) is 6.04 Å². The maximum absolute atomic E-state index is 10.8. The fraction of sp³-hybridized carbons (Fsp3) is 0.500. The highest BCUT2D eigenvalue weighted by atomic mass is 16.4. The fourth-order valence-electron chi connectivity index (χ4n) is 1.15. The lowest BCUT2D eigenvalue weighted by Crippen LogP contribution is -2.13. The quantitative estimate of drug-likeness (QED) is 0.718. The molecule has 0 saturated heterocycles. The van der Waals surface area contributed by atoms with Crippen molar-refractivity contribution in [3.8, 4) is 0 Å². The molecule has 5 heteroatoms. The molecule has 0 spiro atoms. The van der Waals surface area contributed by atoms with Crippen molar-refractivity contribution in [1.82, 2.24) is 9.78 Å². The van der Waals surface area contributed by atoms with E-state index < -0.39 is 5.97 Å². The first-order chi connectivity index (χ1) is 5.95. The van der Waals surface area contributed by atoms with E-state index in [1.54, 1.807) is 6.92 Å². The summed E-state index contributed by atoms with van der Waals surface area (Å²) in [5.74, 6) is -1.04. The molecule has 0 aliphatic carbocycles. The minimum absolute atomic E-state index is 0.00194. The van der Waals surface area contributed by atoms with Crippen LogP contribution >= 0.6 is 0 Å². The van der Waals surface area contributed by atoms with Crippen molar-refractivity contribution >= 4 is 11.7 Å². The Kier molecular flexibility index (Phi) is 2.27. The summed E-state index contributed by atoms with van der Waals surface area (Å²) in [6, 6.07) is 0.00194. The molecule has 0 atom stereocenters. The van der Waals surface area contributed by atoms with Gasteiger partial charge >= 0.3 is 5.97 Å². The maximum Gasteiger partial charge on any atom is 0.356 e. The van der Waals surface area contributed by atoms with E-state index in [1.807, 2.05) is 13.8 Å². The first-order valence-corrected chi connectivity index (χ1v) is 4.03. The first kappa shape index (κ1) is 9.57. The zero-order chi connectivity index (χ0) is 10.2. The predicted molar refractivity (Wildman–Crippen MR) is 48.7 cm³/mol. The molecule has 3 N–H and O–H groups in total. The summed E-state index contributed by atoms with van der Waals surface area (Å²) in [7, 11) is 0. The first-order valence-electron chi connectivity index (χ1n) is 4.03. The fourth-order valence-corrected chi connectivity index (χ4v) is 1.15. The lowest BCUT2D eigenvalue weighted by Gasteiger charge is -2.07. The standard InChI is InChI=1S/C8H13N3O2/c1-4(2)11-7(8(12)13)6(9)5(3)10-11/h4H,9H2,1-3H3,(H,12,13). The van der Waals surface area contributed by atoms with Gasteiger partial charge in [0.05, 0.1) is 11.4 Å². The average Bonchev–Trinajstić information content (AvgIpc) is 2.28. The van der Waals surface area contributed by atoms with E-state index in [-0.39, 0.29) is 17.4 Å². The van der Waals surface area contributed by atoms with Gasteiger partial charge < -0.3 is 10.8 Å². The number of rotatable bonds is 2. The van der Waals surface area contributed by atoms with Crippen molar-refractivity contribution in [3.05, 3.63) is 11.4 Å². The molecule has 0 aliphatic heterocycles. The minimum atomic E-state index is -1.04. The highest BCUT2D eigenvalue weighted by molar-refractivity contribution is 5.92. The van der Waals surface area contributed by atoms with E-state index >= 15 is 0 Å². The molecule has 0 unspecified atom stereocenters. The number of carbonyl (C=O) groups is 1. The Labute approximate surface area is 76.2 Å². The van der Waals surface area contributed by atoms with E-state index in [2.05, 4.69) is 5.10 Å². The van der Waals surface area contributed by atoms with Crippen LogP contribution < -0.4 is 5.73 Å². The van der Waals surface area contributed by atoms with E-state index in [4.69, 9.17) is 10.8 Å². The van der Waals surface area contributed by atoms with Gasteiger partial charge in [-0.1, -0.05) is 0 Å². The lowest BCUT2D eigenvalue weighted by molar-refractivity contribution is 0.0682. The van der Waals surface area contributed by atoms with Crippen LogP contribution in [0.25, 0.3) is 0 Å².